The predicted molar refractivity (Wildman–Crippen MR) is 100 cm³/mol. The second kappa shape index (κ2) is 8.56. The Morgan fingerprint density at radius 1 is 1.16 bits per heavy atom. The van der Waals surface area contributed by atoms with Crippen LogP contribution in [-0.2, 0) is 9.47 Å². The minimum atomic E-state index is -0.373. The molecule has 0 atom stereocenters. The third-order valence-corrected chi connectivity index (χ3v) is 5.34. The van der Waals surface area contributed by atoms with Crippen molar-refractivity contribution in [3.63, 3.8) is 0 Å². The molecule has 0 aromatic heterocycles. The summed E-state index contributed by atoms with van der Waals surface area (Å²) in [4.78, 5) is 25.6. The van der Waals surface area contributed by atoms with Crippen LogP contribution < -0.4 is 10.2 Å². The van der Waals surface area contributed by atoms with Crippen molar-refractivity contribution in [3.8, 4) is 0 Å². The number of hydrogen-bond acceptors (Lipinski definition) is 5. The number of rotatable bonds is 4. The highest BCUT2D eigenvalue weighted by atomic mass is 79.9. The summed E-state index contributed by atoms with van der Waals surface area (Å²) in [5, 5.41) is 2.87. The zero-order valence-electron chi connectivity index (χ0n) is 15.1. The van der Waals surface area contributed by atoms with Crippen molar-refractivity contribution < 1.29 is 19.1 Å². The maximum absolute atomic E-state index is 12.0. The van der Waals surface area contributed by atoms with Gasteiger partial charge in [-0.3, -0.25) is 0 Å². The lowest BCUT2D eigenvalue weighted by molar-refractivity contribution is 0.0600. The summed E-state index contributed by atoms with van der Waals surface area (Å²) in [6, 6.07) is 4.33. The van der Waals surface area contributed by atoms with Gasteiger partial charge >= 0.3 is 12.1 Å². The quantitative estimate of drug-likeness (QED) is 0.764. The fourth-order valence-electron chi connectivity index (χ4n) is 3.38. The second-order valence-corrected chi connectivity index (χ2v) is 7.26. The number of halogens is 1. The third-order valence-electron chi connectivity index (χ3n) is 4.88. The predicted octanol–water partition coefficient (Wildman–Crippen LogP) is 3.65. The Bertz CT molecular complexity index is 642. The molecule has 1 N–H and O–H groups in total. The number of carbonyl (C=O) groups excluding carboxylic acids is 2. The molecule has 1 aliphatic carbocycles. The van der Waals surface area contributed by atoms with Gasteiger partial charge in [0.1, 0.15) is 0 Å². The first-order chi connectivity index (χ1) is 11.9. The van der Waals surface area contributed by atoms with Gasteiger partial charge in [-0.25, -0.2) is 9.59 Å². The Morgan fingerprint density at radius 3 is 2.36 bits per heavy atom. The molecular formula is C18H25BrN2O4. The smallest absolute Gasteiger partial charge is 0.407 e. The summed E-state index contributed by atoms with van der Waals surface area (Å²) in [5.41, 5.74) is 2.49. The van der Waals surface area contributed by atoms with Gasteiger partial charge < -0.3 is 19.7 Å². The molecule has 6 nitrogen and oxygen atoms in total. The van der Waals surface area contributed by atoms with Crippen LogP contribution in [0.15, 0.2) is 16.6 Å². The van der Waals surface area contributed by atoms with Gasteiger partial charge in [0.2, 0.25) is 0 Å². The Hall–Kier alpha value is -1.76. The summed E-state index contributed by atoms with van der Waals surface area (Å²) in [6.45, 7) is 1.94. The normalized spacial score (nSPS) is 19.9. The van der Waals surface area contributed by atoms with E-state index < -0.39 is 0 Å². The molecule has 1 amide bonds. The number of nitrogens with zero attached hydrogens (tertiary/aromatic N) is 1. The van der Waals surface area contributed by atoms with E-state index in [9.17, 15) is 9.59 Å². The van der Waals surface area contributed by atoms with Gasteiger partial charge in [-0.1, -0.05) is 15.9 Å². The van der Waals surface area contributed by atoms with E-state index in [4.69, 9.17) is 4.74 Å². The summed E-state index contributed by atoms with van der Waals surface area (Å²) in [5.74, 6) is -0.334. The lowest BCUT2D eigenvalue weighted by atomic mass is 9.89. The number of methoxy groups -OCH3 is 2. The van der Waals surface area contributed by atoms with Crippen molar-refractivity contribution in [2.45, 2.75) is 44.7 Å². The summed E-state index contributed by atoms with van der Waals surface area (Å²) < 4.78 is 10.4. The molecule has 1 aromatic rings. The molecule has 0 unspecified atom stereocenters. The maximum atomic E-state index is 12.0. The van der Waals surface area contributed by atoms with Gasteiger partial charge in [-0.15, -0.1) is 0 Å². The zero-order chi connectivity index (χ0) is 18.6. The third kappa shape index (κ3) is 4.66. The van der Waals surface area contributed by atoms with Gasteiger partial charge in [0, 0.05) is 29.3 Å². The molecule has 1 fully saturated rings. The average Bonchev–Trinajstić information content (AvgIpc) is 2.62. The van der Waals surface area contributed by atoms with Crippen molar-refractivity contribution >= 4 is 33.7 Å². The molecule has 1 aliphatic rings. The minimum Gasteiger partial charge on any atom is -0.465 e. The Balaban J connectivity index is 2.11. The van der Waals surface area contributed by atoms with Crippen LogP contribution in [0.5, 0.6) is 0 Å². The Labute approximate surface area is 157 Å². The number of benzene rings is 1. The fourth-order valence-corrected chi connectivity index (χ4v) is 3.83. The summed E-state index contributed by atoms with van der Waals surface area (Å²) in [7, 11) is 4.82. The first-order valence-electron chi connectivity index (χ1n) is 8.33. The number of carbonyl (C=O) groups is 2. The van der Waals surface area contributed by atoms with E-state index in [2.05, 4.69) is 37.9 Å². The van der Waals surface area contributed by atoms with Crippen LogP contribution in [0.2, 0.25) is 0 Å². The van der Waals surface area contributed by atoms with E-state index in [1.807, 2.05) is 13.0 Å². The molecular weight excluding hydrogens is 388 g/mol. The maximum Gasteiger partial charge on any atom is 0.407 e. The number of ether oxygens (including phenoxy) is 2. The number of esters is 1. The number of hydrogen-bond donors (Lipinski definition) is 1. The molecule has 1 saturated carbocycles. The molecule has 0 radical (unpaired) electrons. The highest BCUT2D eigenvalue weighted by molar-refractivity contribution is 9.10. The molecule has 138 valence electrons. The van der Waals surface area contributed by atoms with Crippen LogP contribution in [0, 0.1) is 6.92 Å². The highest BCUT2D eigenvalue weighted by Crippen LogP contribution is 2.32. The SMILES string of the molecule is COC(=O)N[C@H]1CC[C@H](N(C)c2cc(Br)cc(C(=O)OC)c2C)CC1. The van der Waals surface area contributed by atoms with Gasteiger partial charge in [-0.2, -0.15) is 0 Å². The van der Waals surface area contributed by atoms with E-state index >= 15 is 0 Å². The first kappa shape index (κ1) is 19.6. The van der Waals surface area contributed by atoms with E-state index in [1.54, 1.807) is 6.07 Å². The topological polar surface area (TPSA) is 67.9 Å². The Morgan fingerprint density at radius 2 is 1.80 bits per heavy atom. The lowest BCUT2D eigenvalue weighted by Crippen LogP contribution is -2.43. The molecule has 0 spiro atoms. The molecule has 0 saturated heterocycles. The Kier molecular flexibility index (Phi) is 6.70. The largest absolute Gasteiger partial charge is 0.465 e. The molecule has 0 bridgehead atoms. The van der Waals surface area contributed by atoms with Gasteiger partial charge in [0.15, 0.2) is 0 Å². The fraction of sp³-hybridized carbons (Fsp3) is 0.556. The summed E-state index contributed by atoms with van der Waals surface area (Å²) >= 11 is 3.49. The molecule has 7 heteroatoms. The number of alkyl carbamates (subject to hydrolysis) is 1. The number of anilines is 1. The number of nitrogens with one attached hydrogen (secondary N) is 1. The zero-order valence-corrected chi connectivity index (χ0v) is 16.7. The van der Waals surface area contributed by atoms with Crippen LogP contribution in [0.25, 0.3) is 0 Å². The minimum absolute atomic E-state index is 0.159. The van der Waals surface area contributed by atoms with Crippen molar-refractivity contribution in [2.75, 3.05) is 26.2 Å². The van der Waals surface area contributed by atoms with E-state index in [-0.39, 0.29) is 18.1 Å². The van der Waals surface area contributed by atoms with Crippen molar-refractivity contribution in [2.24, 2.45) is 0 Å². The van der Waals surface area contributed by atoms with Crippen LogP contribution in [0.4, 0.5) is 10.5 Å². The molecule has 0 aliphatic heterocycles. The molecule has 1 aromatic carbocycles. The highest BCUT2D eigenvalue weighted by Gasteiger charge is 2.27. The van der Waals surface area contributed by atoms with Crippen molar-refractivity contribution in [1.82, 2.24) is 5.32 Å². The monoisotopic (exact) mass is 412 g/mol. The van der Waals surface area contributed by atoms with Crippen LogP contribution >= 0.6 is 15.9 Å². The van der Waals surface area contributed by atoms with E-state index in [0.29, 0.717) is 11.6 Å². The van der Waals surface area contributed by atoms with Crippen LogP contribution in [-0.4, -0.2) is 45.4 Å². The van der Waals surface area contributed by atoms with E-state index in [0.717, 1.165) is 41.4 Å². The first-order valence-corrected chi connectivity index (χ1v) is 9.12. The van der Waals surface area contributed by atoms with Gasteiger partial charge in [0.25, 0.3) is 0 Å². The van der Waals surface area contributed by atoms with Crippen molar-refractivity contribution in [1.29, 1.82) is 0 Å². The summed E-state index contributed by atoms with van der Waals surface area (Å²) in [6.07, 6.45) is 3.36. The molecule has 0 heterocycles. The van der Waals surface area contributed by atoms with E-state index in [1.165, 1.54) is 14.2 Å². The molecule has 2 rings (SSSR count). The average molecular weight is 413 g/mol. The second-order valence-electron chi connectivity index (χ2n) is 6.34. The molecule has 25 heavy (non-hydrogen) atoms. The van der Waals surface area contributed by atoms with Gasteiger partial charge in [-0.05, 0) is 50.3 Å². The standard InChI is InChI=1S/C18H25BrN2O4/c1-11-15(17(22)24-3)9-12(19)10-16(11)21(2)14-7-5-13(6-8-14)20-18(23)25-4/h9-10,13-14H,5-8H2,1-4H3,(H,20,23)/t13-,14-. The van der Waals surface area contributed by atoms with Crippen molar-refractivity contribution in [3.05, 3.63) is 27.7 Å². The van der Waals surface area contributed by atoms with Crippen LogP contribution in [0.1, 0.15) is 41.6 Å². The van der Waals surface area contributed by atoms with Gasteiger partial charge in [0.05, 0.1) is 19.8 Å². The van der Waals surface area contributed by atoms with Crippen LogP contribution in [0.3, 0.4) is 0 Å². The number of amides is 1. The lowest BCUT2D eigenvalue weighted by Gasteiger charge is -2.37.